The van der Waals surface area contributed by atoms with Crippen molar-refractivity contribution in [2.45, 2.75) is 32.2 Å². The first kappa shape index (κ1) is 12.9. The second-order valence-corrected chi connectivity index (χ2v) is 4.08. The Kier molecular flexibility index (Phi) is 4.65. The van der Waals surface area contributed by atoms with Crippen LogP contribution in [0.1, 0.15) is 42.1 Å². The number of ketones is 1. The van der Waals surface area contributed by atoms with Crippen molar-refractivity contribution in [2.75, 3.05) is 6.61 Å². The Balaban J connectivity index is 2.82. The van der Waals surface area contributed by atoms with Gasteiger partial charge in [0.1, 0.15) is 0 Å². The molecular formula is C13H19NO2. The Hall–Kier alpha value is -1.19. The quantitative estimate of drug-likeness (QED) is 0.744. The molecule has 0 bridgehead atoms. The Bertz CT molecular complexity index is 345. The highest BCUT2D eigenvalue weighted by Gasteiger charge is 2.14. The van der Waals surface area contributed by atoms with Gasteiger partial charge in [0.2, 0.25) is 0 Å². The van der Waals surface area contributed by atoms with Crippen LogP contribution in [0.5, 0.6) is 0 Å². The molecule has 2 unspecified atom stereocenters. The highest BCUT2D eigenvalue weighted by molar-refractivity contribution is 6.00. The minimum Gasteiger partial charge on any atom is -0.394 e. The third kappa shape index (κ3) is 2.90. The van der Waals surface area contributed by atoms with Crippen LogP contribution in [0.25, 0.3) is 0 Å². The van der Waals surface area contributed by atoms with Crippen molar-refractivity contribution in [3.63, 3.8) is 0 Å². The molecule has 0 saturated heterocycles. The summed E-state index contributed by atoms with van der Waals surface area (Å²) in [6.45, 7) is 3.97. The molecule has 0 aromatic heterocycles. The number of Topliss-reactive ketones (excluding diaryl/α,β-unsaturated/α-hetero) is 1. The van der Waals surface area contributed by atoms with Crippen LogP contribution in [-0.2, 0) is 0 Å². The predicted octanol–water partition coefficient (Wildman–Crippen LogP) is 1.70. The Labute approximate surface area is 96.3 Å². The molecule has 0 heterocycles. The molecule has 0 radical (unpaired) electrons. The molecule has 1 aromatic carbocycles. The number of aliphatic hydroxyl groups excluding tert-OH is 1. The Morgan fingerprint density at radius 3 is 2.38 bits per heavy atom. The summed E-state index contributed by atoms with van der Waals surface area (Å²) >= 11 is 0. The van der Waals surface area contributed by atoms with E-state index in [9.17, 15) is 4.79 Å². The van der Waals surface area contributed by atoms with E-state index in [0.29, 0.717) is 11.5 Å². The number of carbonyl (C=O) groups excluding carboxylic acids is 1. The fourth-order valence-electron chi connectivity index (χ4n) is 1.51. The zero-order chi connectivity index (χ0) is 12.1. The molecule has 0 amide bonds. The van der Waals surface area contributed by atoms with Gasteiger partial charge in [0.25, 0.3) is 0 Å². The summed E-state index contributed by atoms with van der Waals surface area (Å²) in [5, 5.41) is 8.80. The molecule has 0 fully saturated rings. The van der Waals surface area contributed by atoms with Crippen LogP contribution in [0.2, 0.25) is 0 Å². The third-order valence-corrected chi connectivity index (χ3v) is 2.91. The van der Waals surface area contributed by atoms with Crippen molar-refractivity contribution in [3.05, 3.63) is 35.4 Å². The van der Waals surface area contributed by atoms with E-state index in [4.69, 9.17) is 10.8 Å². The van der Waals surface area contributed by atoms with Gasteiger partial charge < -0.3 is 10.8 Å². The molecule has 2 atom stereocenters. The monoisotopic (exact) mass is 221 g/mol. The molecule has 88 valence electrons. The second-order valence-electron chi connectivity index (χ2n) is 4.08. The highest BCUT2D eigenvalue weighted by Crippen LogP contribution is 2.19. The van der Waals surface area contributed by atoms with Gasteiger partial charge in [0.15, 0.2) is 5.78 Å². The van der Waals surface area contributed by atoms with Crippen molar-refractivity contribution in [1.82, 2.24) is 0 Å². The smallest absolute Gasteiger partial charge is 0.181 e. The van der Waals surface area contributed by atoms with Crippen LogP contribution in [0, 0.1) is 0 Å². The lowest BCUT2D eigenvalue weighted by Crippen LogP contribution is -2.33. The third-order valence-electron chi connectivity index (χ3n) is 2.91. The van der Waals surface area contributed by atoms with Gasteiger partial charge in [-0.1, -0.05) is 38.1 Å². The average molecular weight is 221 g/mol. The maximum absolute atomic E-state index is 11.6. The fraction of sp³-hybridized carbons (Fsp3) is 0.462. The molecule has 3 heteroatoms. The number of hydrogen-bond donors (Lipinski definition) is 2. The summed E-state index contributed by atoms with van der Waals surface area (Å²) in [5.74, 6) is 0.286. The summed E-state index contributed by atoms with van der Waals surface area (Å²) in [4.78, 5) is 11.6. The zero-order valence-corrected chi connectivity index (χ0v) is 9.81. The van der Waals surface area contributed by atoms with E-state index in [1.54, 1.807) is 12.1 Å². The number of benzene rings is 1. The maximum Gasteiger partial charge on any atom is 0.181 e. The summed E-state index contributed by atoms with van der Waals surface area (Å²) in [6, 6.07) is 6.64. The molecule has 0 saturated carbocycles. The average Bonchev–Trinajstić information content (AvgIpc) is 2.36. The van der Waals surface area contributed by atoms with Crippen molar-refractivity contribution < 1.29 is 9.90 Å². The van der Waals surface area contributed by atoms with Gasteiger partial charge in [0.05, 0.1) is 12.6 Å². The van der Waals surface area contributed by atoms with Crippen molar-refractivity contribution in [2.24, 2.45) is 5.73 Å². The van der Waals surface area contributed by atoms with Crippen LogP contribution >= 0.6 is 0 Å². The molecule has 0 aliphatic rings. The van der Waals surface area contributed by atoms with Gasteiger partial charge in [0, 0.05) is 5.56 Å². The molecule has 0 spiro atoms. The second kappa shape index (κ2) is 5.77. The molecular weight excluding hydrogens is 202 g/mol. The van der Waals surface area contributed by atoms with Crippen LogP contribution in [0.15, 0.2) is 24.3 Å². The lowest BCUT2D eigenvalue weighted by atomic mass is 9.96. The molecule has 3 nitrogen and oxygen atoms in total. The number of nitrogens with two attached hydrogens (primary N) is 1. The SMILES string of the molecule is CCC(C)c1ccc(C(=O)C(N)CO)cc1. The highest BCUT2D eigenvalue weighted by atomic mass is 16.3. The molecule has 0 aliphatic heterocycles. The maximum atomic E-state index is 11.6. The molecule has 0 aliphatic carbocycles. The minimum atomic E-state index is -0.811. The summed E-state index contributed by atoms with van der Waals surface area (Å²) < 4.78 is 0. The van der Waals surface area contributed by atoms with Crippen LogP contribution in [0.3, 0.4) is 0 Å². The minimum absolute atomic E-state index is 0.210. The first-order chi connectivity index (χ1) is 7.60. The first-order valence-electron chi connectivity index (χ1n) is 5.60. The van der Waals surface area contributed by atoms with E-state index in [-0.39, 0.29) is 12.4 Å². The van der Waals surface area contributed by atoms with Gasteiger partial charge in [-0.05, 0) is 17.9 Å². The van der Waals surface area contributed by atoms with E-state index in [1.165, 1.54) is 5.56 Å². The van der Waals surface area contributed by atoms with Gasteiger partial charge in [-0.25, -0.2) is 0 Å². The first-order valence-corrected chi connectivity index (χ1v) is 5.60. The number of aliphatic hydroxyl groups is 1. The van der Waals surface area contributed by atoms with Gasteiger partial charge in [-0.3, -0.25) is 4.79 Å². The van der Waals surface area contributed by atoms with Crippen LogP contribution in [-0.4, -0.2) is 23.5 Å². The van der Waals surface area contributed by atoms with Crippen molar-refractivity contribution in [3.8, 4) is 0 Å². The van der Waals surface area contributed by atoms with Crippen molar-refractivity contribution in [1.29, 1.82) is 0 Å². The van der Waals surface area contributed by atoms with Gasteiger partial charge >= 0.3 is 0 Å². The van der Waals surface area contributed by atoms with E-state index in [0.717, 1.165) is 6.42 Å². The van der Waals surface area contributed by atoms with Gasteiger partial charge in [-0.2, -0.15) is 0 Å². The van der Waals surface area contributed by atoms with Crippen LogP contribution in [0.4, 0.5) is 0 Å². The Morgan fingerprint density at radius 2 is 1.94 bits per heavy atom. The van der Waals surface area contributed by atoms with E-state index < -0.39 is 6.04 Å². The van der Waals surface area contributed by atoms with E-state index in [2.05, 4.69) is 13.8 Å². The summed E-state index contributed by atoms with van der Waals surface area (Å²) in [5.41, 5.74) is 7.26. The fourth-order valence-corrected chi connectivity index (χ4v) is 1.51. The largest absolute Gasteiger partial charge is 0.394 e. The van der Waals surface area contributed by atoms with Crippen LogP contribution < -0.4 is 5.73 Å². The molecule has 16 heavy (non-hydrogen) atoms. The Morgan fingerprint density at radius 1 is 1.38 bits per heavy atom. The molecule has 1 rings (SSSR count). The van der Waals surface area contributed by atoms with Crippen molar-refractivity contribution >= 4 is 5.78 Å². The molecule has 3 N–H and O–H groups in total. The number of hydrogen-bond acceptors (Lipinski definition) is 3. The standard InChI is InChI=1S/C13H19NO2/c1-3-9(2)10-4-6-11(7-5-10)13(16)12(14)8-15/h4-7,9,12,15H,3,8,14H2,1-2H3. The lowest BCUT2D eigenvalue weighted by molar-refractivity contribution is 0.0925. The lowest BCUT2D eigenvalue weighted by Gasteiger charge is -2.11. The predicted molar refractivity (Wildman–Crippen MR) is 64.5 cm³/mol. The molecule has 1 aromatic rings. The normalized spacial score (nSPS) is 14.5. The number of carbonyl (C=O) groups is 1. The number of rotatable bonds is 5. The topological polar surface area (TPSA) is 63.3 Å². The van der Waals surface area contributed by atoms with E-state index >= 15 is 0 Å². The van der Waals surface area contributed by atoms with Gasteiger partial charge in [-0.15, -0.1) is 0 Å². The summed E-state index contributed by atoms with van der Waals surface area (Å²) in [7, 11) is 0. The zero-order valence-electron chi connectivity index (χ0n) is 9.81. The van der Waals surface area contributed by atoms with E-state index in [1.807, 2.05) is 12.1 Å². The summed E-state index contributed by atoms with van der Waals surface area (Å²) in [6.07, 6.45) is 1.07.